The number of morpholine rings is 1. The van der Waals surface area contributed by atoms with Crippen LogP contribution in [0.1, 0.15) is 47.2 Å². The molecule has 1 heterocycles. The van der Waals surface area contributed by atoms with Crippen molar-refractivity contribution in [3.8, 4) is 6.07 Å². The summed E-state index contributed by atoms with van der Waals surface area (Å²) >= 11 is 12.5. The molecule has 0 unspecified atom stereocenters. The number of hydrogen-bond acceptors (Lipinski definition) is 4. The van der Waals surface area contributed by atoms with Crippen molar-refractivity contribution in [2.75, 3.05) is 0 Å². The highest BCUT2D eigenvalue weighted by Gasteiger charge is 2.52. The zero-order valence-electron chi connectivity index (χ0n) is 19.8. The molecular formula is C29H24Cl2N2O4. The summed E-state index contributed by atoms with van der Waals surface area (Å²) in [6, 6.07) is 21.7. The number of nitrogens with zero attached hydrogens (tertiary/aromatic N) is 2. The maximum atomic E-state index is 14.1. The molecular weight excluding hydrogens is 511 g/mol. The molecule has 3 aromatic carbocycles. The van der Waals surface area contributed by atoms with E-state index in [2.05, 4.69) is 6.07 Å². The van der Waals surface area contributed by atoms with Gasteiger partial charge in [-0.3, -0.25) is 4.79 Å². The number of aliphatic carboxylic acids is 1. The summed E-state index contributed by atoms with van der Waals surface area (Å²) in [7, 11) is 0. The van der Waals surface area contributed by atoms with Gasteiger partial charge in [-0.05, 0) is 71.8 Å². The van der Waals surface area contributed by atoms with Crippen molar-refractivity contribution in [3.63, 3.8) is 0 Å². The molecule has 2 aliphatic rings. The summed E-state index contributed by atoms with van der Waals surface area (Å²) in [6.45, 7) is 0. The summed E-state index contributed by atoms with van der Waals surface area (Å²) in [5, 5.41) is 20.5. The molecule has 5 rings (SSSR count). The van der Waals surface area contributed by atoms with Gasteiger partial charge in [-0.1, -0.05) is 59.6 Å². The third kappa shape index (κ3) is 5.35. The lowest BCUT2D eigenvalue weighted by Crippen LogP contribution is -2.58. The average Bonchev–Trinajstić information content (AvgIpc) is 3.72. The van der Waals surface area contributed by atoms with E-state index in [1.54, 1.807) is 60.7 Å². The first-order valence-corrected chi connectivity index (χ1v) is 12.8. The molecule has 0 bridgehead atoms. The largest absolute Gasteiger partial charge is 0.480 e. The number of carbonyl (C=O) groups is 2. The Kier molecular flexibility index (Phi) is 7.21. The fourth-order valence-corrected chi connectivity index (χ4v) is 5.36. The van der Waals surface area contributed by atoms with Gasteiger partial charge in [0.25, 0.3) is 5.91 Å². The fourth-order valence-electron chi connectivity index (χ4n) is 5.03. The van der Waals surface area contributed by atoms with Crippen molar-refractivity contribution < 1.29 is 19.4 Å². The minimum Gasteiger partial charge on any atom is -0.480 e. The van der Waals surface area contributed by atoms with Crippen LogP contribution in [0.3, 0.4) is 0 Å². The van der Waals surface area contributed by atoms with Gasteiger partial charge in [-0.15, -0.1) is 0 Å². The number of carboxylic acids is 1. The number of benzene rings is 3. The van der Waals surface area contributed by atoms with Crippen molar-refractivity contribution in [2.45, 2.75) is 43.6 Å². The van der Waals surface area contributed by atoms with Crippen molar-refractivity contribution >= 4 is 35.1 Å². The Hall–Kier alpha value is -3.37. The van der Waals surface area contributed by atoms with Crippen LogP contribution >= 0.6 is 23.2 Å². The topological polar surface area (TPSA) is 90.6 Å². The van der Waals surface area contributed by atoms with Gasteiger partial charge in [-0.2, -0.15) is 5.26 Å². The van der Waals surface area contributed by atoms with Crippen LogP contribution in [0, 0.1) is 17.2 Å². The number of nitriles is 1. The molecule has 1 aliphatic heterocycles. The van der Waals surface area contributed by atoms with E-state index in [4.69, 9.17) is 33.2 Å². The highest BCUT2D eigenvalue weighted by atomic mass is 35.5. The molecule has 1 N–H and O–H groups in total. The van der Waals surface area contributed by atoms with Crippen LogP contribution in [-0.2, 0) is 20.7 Å². The number of amides is 1. The van der Waals surface area contributed by atoms with Gasteiger partial charge in [0.1, 0.15) is 18.2 Å². The predicted molar refractivity (Wildman–Crippen MR) is 139 cm³/mol. The summed E-state index contributed by atoms with van der Waals surface area (Å²) in [4.78, 5) is 28.2. The first-order chi connectivity index (χ1) is 17.9. The standard InChI is InChI=1S/C29H24Cl2N2O4/c30-22-12-10-19(11-13-22)25-27(21-2-1-3-23(31)15-21)37-24(14-17-4-6-18(16-32)7-5-17)28(34)33(25)26(29(35)36)20-8-9-20/h1-7,10-13,15,20,24-27H,8-9,14H2,(H,35,36)/t24-,25+,26+,27-/m1/s1. The Labute approximate surface area is 225 Å². The van der Waals surface area contributed by atoms with Gasteiger partial charge in [0, 0.05) is 16.5 Å². The minimum absolute atomic E-state index is 0.120. The molecule has 4 atom stereocenters. The van der Waals surface area contributed by atoms with Crippen LogP contribution in [0.15, 0.2) is 72.8 Å². The Morgan fingerprint density at radius 1 is 1.03 bits per heavy atom. The van der Waals surface area contributed by atoms with E-state index in [0.717, 1.165) is 29.5 Å². The van der Waals surface area contributed by atoms with Crippen LogP contribution in [0.5, 0.6) is 0 Å². The number of rotatable bonds is 7. The van der Waals surface area contributed by atoms with E-state index in [-0.39, 0.29) is 18.2 Å². The van der Waals surface area contributed by atoms with Crippen LogP contribution in [0.4, 0.5) is 0 Å². The molecule has 2 fully saturated rings. The van der Waals surface area contributed by atoms with Gasteiger partial charge in [0.15, 0.2) is 0 Å². The monoisotopic (exact) mass is 534 g/mol. The molecule has 1 aliphatic carbocycles. The summed E-state index contributed by atoms with van der Waals surface area (Å²) < 4.78 is 6.52. The zero-order valence-corrected chi connectivity index (χ0v) is 21.3. The zero-order chi connectivity index (χ0) is 26.1. The molecule has 1 saturated heterocycles. The molecule has 1 amide bonds. The van der Waals surface area contributed by atoms with Crippen LogP contribution in [0.2, 0.25) is 10.0 Å². The van der Waals surface area contributed by atoms with Gasteiger partial charge < -0.3 is 14.7 Å². The van der Waals surface area contributed by atoms with E-state index in [9.17, 15) is 14.7 Å². The predicted octanol–water partition coefficient (Wildman–Crippen LogP) is 5.98. The van der Waals surface area contributed by atoms with Gasteiger partial charge in [0.05, 0.1) is 17.7 Å². The quantitative estimate of drug-likeness (QED) is 0.402. The average molecular weight is 535 g/mol. The number of carboxylic acid groups (broad SMARTS) is 1. The van der Waals surface area contributed by atoms with Crippen molar-refractivity contribution in [2.24, 2.45) is 5.92 Å². The maximum absolute atomic E-state index is 14.1. The van der Waals surface area contributed by atoms with Crippen molar-refractivity contribution in [1.82, 2.24) is 4.90 Å². The van der Waals surface area contributed by atoms with Crippen molar-refractivity contribution in [3.05, 3.63) is 105 Å². The Balaban J connectivity index is 1.62. The lowest BCUT2D eigenvalue weighted by Gasteiger charge is -2.47. The van der Waals surface area contributed by atoms with Gasteiger partial charge in [0.2, 0.25) is 0 Å². The summed E-state index contributed by atoms with van der Waals surface area (Å²) in [5.41, 5.74) is 2.80. The second-order valence-corrected chi connectivity index (χ2v) is 10.3. The Morgan fingerprint density at radius 2 is 1.73 bits per heavy atom. The van der Waals surface area contributed by atoms with E-state index in [1.165, 1.54) is 4.90 Å². The van der Waals surface area contributed by atoms with Crippen LogP contribution < -0.4 is 0 Å². The lowest BCUT2D eigenvalue weighted by atomic mass is 9.88. The summed E-state index contributed by atoms with van der Waals surface area (Å²) in [5.74, 6) is -1.52. The Bertz CT molecular complexity index is 1350. The number of ether oxygens (including phenoxy) is 1. The highest BCUT2D eigenvalue weighted by Crippen LogP contribution is 2.48. The lowest BCUT2D eigenvalue weighted by molar-refractivity contribution is -0.185. The molecule has 1 saturated carbocycles. The molecule has 0 radical (unpaired) electrons. The van der Waals surface area contributed by atoms with Crippen molar-refractivity contribution in [1.29, 1.82) is 5.26 Å². The molecule has 188 valence electrons. The van der Waals surface area contributed by atoms with Gasteiger partial charge >= 0.3 is 5.97 Å². The number of hydrogen-bond donors (Lipinski definition) is 1. The second-order valence-electron chi connectivity index (χ2n) is 9.48. The van der Waals surface area contributed by atoms with E-state index >= 15 is 0 Å². The van der Waals surface area contributed by atoms with E-state index in [0.29, 0.717) is 15.6 Å². The summed E-state index contributed by atoms with van der Waals surface area (Å²) in [6.07, 6.45) is 0.152. The van der Waals surface area contributed by atoms with Crippen LogP contribution in [0.25, 0.3) is 0 Å². The molecule has 37 heavy (non-hydrogen) atoms. The highest BCUT2D eigenvalue weighted by molar-refractivity contribution is 6.30. The molecule has 8 heteroatoms. The first-order valence-electron chi connectivity index (χ1n) is 12.1. The minimum atomic E-state index is -1.03. The molecule has 6 nitrogen and oxygen atoms in total. The third-order valence-corrected chi connectivity index (χ3v) is 7.43. The van der Waals surface area contributed by atoms with Gasteiger partial charge in [-0.25, -0.2) is 4.79 Å². The first kappa shape index (κ1) is 25.3. The normalized spacial score (nSPS) is 22.4. The van der Waals surface area contributed by atoms with E-state index < -0.39 is 30.3 Å². The molecule has 0 spiro atoms. The number of carbonyl (C=O) groups excluding carboxylic acids is 1. The fraction of sp³-hybridized carbons (Fsp3) is 0.276. The maximum Gasteiger partial charge on any atom is 0.326 e. The second kappa shape index (κ2) is 10.5. The Morgan fingerprint density at radius 3 is 2.32 bits per heavy atom. The molecule has 0 aromatic heterocycles. The van der Waals surface area contributed by atoms with Crippen LogP contribution in [-0.4, -0.2) is 34.0 Å². The van der Waals surface area contributed by atoms with E-state index in [1.807, 2.05) is 12.1 Å². The third-order valence-electron chi connectivity index (χ3n) is 6.94. The smallest absolute Gasteiger partial charge is 0.326 e. The SMILES string of the molecule is N#Cc1ccc(C[C@H]2O[C@H](c3cccc(Cl)c3)[C@H](c3ccc(Cl)cc3)N([C@H](C(=O)O)C3CC3)C2=O)cc1. The molecule has 3 aromatic rings. The number of halogens is 2.